The monoisotopic (exact) mass is 386 g/mol. The number of ether oxygens (including phenoxy) is 1. The molecule has 0 amide bonds. The summed E-state index contributed by atoms with van der Waals surface area (Å²) in [6, 6.07) is 5.96. The lowest BCUT2D eigenvalue weighted by molar-refractivity contribution is -0.142. The topological polar surface area (TPSA) is 89.9 Å². The van der Waals surface area contributed by atoms with Crippen LogP contribution in [0, 0.1) is 13.8 Å². The molecule has 0 spiro atoms. The predicted molar refractivity (Wildman–Crippen MR) is 106 cm³/mol. The van der Waals surface area contributed by atoms with Crippen LogP contribution >= 0.6 is 11.8 Å². The van der Waals surface area contributed by atoms with E-state index in [1.54, 1.807) is 11.6 Å². The number of esters is 1. The van der Waals surface area contributed by atoms with Gasteiger partial charge in [-0.05, 0) is 50.5 Å². The first kappa shape index (κ1) is 19.2. The van der Waals surface area contributed by atoms with Crippen molar-refractivity contribution in [3.63, 3.8) is 0 Å². The zero-order valence-electron chi connectivity index (χ0n) is 15.8. The van der Waals surface area contributed by atoms with Gasteiger partial charge in [-0.1, -0.05) is 24.8 Å². The van der Waals surface area contributed by atoms with Crippen molar-refractivity contribution in [2.24, 2.45) is 0 Å². The predicted octanol–water partition coefficient (Wildman–Crippen LogP) is 3.16. The zero-order chi connectivity index (χ0) is 19.6. The van der Waals surface area contributed by atoms with E-state index in [-0.39, 0.29) is 11.5 Å². The maximum absolute atomic E-state index is 12.5. The number of carbonyl (C=O) groups excluding carboxylic acids is 1. The van der Waals surface area contributed by atoms with Gasteiger partial charge in [0, 0.05) is 0 Å². The fraction of sp³-hybridized carbons (Fsp3) is 0.368. The second-order valence-corrected chi connectivity index (χ2v) is 7.39. The summed E-state index contributed by atoms with van der Waals surface area (Å²) < 4.78 is 6.74. The first-order valence-electron chi connectivity index (χ1n) is 8.83. The number of thioether (sulfide) groups is 1. The minimum Gasteiger partial charge on any atom is -0.465 e. The van der Waals surface area contributed by atoms with Gasteiger partial charge in [0.25, 0.3) is 5.56 Å². The number of hydrogen-bond acceptors (Lipinski definition) is 6. The van der Waals surface area contributed by atoms with Crippen molar-refractivity contribution < 1.29 is 9.53 Å². The number of nitrogens with one attached hydrogen (secondary N) is 1. The van der Waals surface area contributed by atoms with Gasteiger partial charge in [-0.3, -0.25) is 9.59 Å². The molecule has 0 radical (unpaired) electrons. The smallest absolute Gasteiger partial charge is 0.319 e. The fourth-order valence-electron chi connectivity index (χ4n) is 2.67. The molecule has 2 aromatic heterocycles. The van der Waals surface area contributed by atoms with Crippen LogP contribution in [0.5, 0.6) is 0 Å². The molecule has 0 aliphatic heterocycles. The van der Waals surface area contributed by atoms with E-state index >= 15 is 0 Å². The summed E-state index contributed by atoms with van der Waals surface area (Å²) in [4.78, 5) is 31.8. The maximum atomic E-state index is 12.5. The Morgan fingerprint density at radius 3 is 2.74 bits per heavy atom. The van der Waals surface area contributed by atoms with Crippen LogP contribution in [0.4, 0.5) is 0 Å². The number of carbonyl (C=O) groups is 1. The third-order valence-corrected chi connectivity index (χ3v) is 5.55. The van der Waals surface area contributed by atoms with E-state index < -0.39 is 5.25 Å². The zero-order valence-corrected chi connectivity index (χ0v) is 16.6. The first-order chi connectivity index (χ1) is 12.9. The van der Waals surface area contributed by atoms with Gasteiger partial charge in [0.2, 0.25) is 0 Å². The number of benzene rings is 1. The van der Waals surface area contributed by atoms with E-state index in [1.165, 1.54) is 23.5 Å². The number of hydrogen-bond donors (Lipinski definition) is 1. The number of nitrogens with zero attached hydrogens (tertiary/aromatic N) is 3. The standard InChI is InChI=1S/C19H22N4O3S/c1-5-15(18(25)26-6-2)27-19-21-16-14(17(24)22-19)10-20-23(16)13-8-7-11(3)12(4)9-13/h7-10,15H,5-6H2,1-4H3,(H,21,22,24). The molecule has 0 saturated carbocycles. The molecule has 8 heteroatoms. The van der Waals surface area contributed by atoms with Gasteiger partial charge in [-0.2, -0.15) is 5.10 Å². The van der Waals surface area contributed by atoms with Gasteiger partial charge in [0.05, 0.1) is 18.5 Å². The molecule has 0 fully saturated rings. The van der Waals surface area contributed by atoms with Crippen molar-refractivity contribution in [1.82, 2.24) is 19.7 Å². The van der Waals surface area contributed by atoms with Gasteiger partial charge in [0.1, 0.15) is 10.6 Å². The Hall–Kier alpha value is -2.61. The molecule has 1 atom stereocenters. The molecule has 142 valence electrons. The van der Waals surface area contributed by atoms with E-state index in [0.717, 1.165) is 11.3 Å². The molecule has 1 aromatic carbocycles. The lowest BCUT2D eigenvalue weighted by Crippen LogP contribution is -2.20. The number of aromatic amines is 1. The molecule has 0 bridgehead atoms. The summed E-state index contributed by atoms with van der Waals surface area (Å²) in [5.74, 6) is -0.310. The second-order valence-electron chi connectivity index (χ2n) is 6.20. The highest BCUT2D eigenvalue weighted by molar-refractivity contribution is 8.00. The lowest BCUT2D eigenvalue weighted by Gasteiger charge is -2.12. The molecule has 3 aromatic rings. The minimum atomic E-state index is -0.427. The van der Waals surface area contributed by atoms with E-state index in [0.29, 0.717) is 29.2 Å². The van der Waals surface area contributed by atoms with Crippen LogP contribution in [0.15, 0.2) is 34.3 Å². The highest BCUT2D eigenvalue weighted by Crippen LogP contribution is 2.24. The van der Waals surface area contributed by atoms with Crippen molar-refractivity contribution in [2.75, 3.05) is 6.61 Å². The molecule has 1 unspecified atom stereocenters. The number of H-pyrrole nitrogens is 1. The van der Waals surface area contributed by atoms with Gasteiger partial charge in [-0.15, -0.1) is 0 Å². The highest BCUT2D eigenvalue weighted by atomic mass is 32.2. The van der Waals surface area contributed by atoms with E-state index in [1.807, 2.05) is 39.0 Å². The second kappa shape index (κ2) is 7.96. The van der Waals surface area contributed by atoms with Crippen LogP contribution < -0.4 is 5.56 Å². The summed E-state index contributed by atoms with van der Waals surface area (Å²) in [7, 11) is 0. The Bertz CT molecular complexity index is 1040. The molecule has 2 heterocycles. The van der Waals surface area contributed by atoms with Crippen molar-refractivity contribution in [3.8, 4) is 5.69 Å². The molecule has 27 heavy (non-hydrogen) atoms. The summed E-state index contributed by atoms with van der Waals surface area (Å²) >= 11 is 1.20. The average molecular weight is 386 g/mol. The molecule has 1 N–H and O–H groups in total. The van der Waals surface area contributed by atoms with Crippen molar-refractivity contribution >= 4 is 28.8 Å². The first-order valence-corrected chi connectivity index (χ1v) is 9.71. The van der Waals surface area contributed by atoms with Crippen LogP contribution in [0.25, 0.3) is 16.7 Å². The Morgan fingerprint density at radius 2 is 2.07 bits per heavy atom. The third kappa shape index (κ3) is 3.90. The molecule has 0 aliphatic rings. The lowest BCUT2D eigenvalue weighted by atomic mass is 10.1. The number of aromatic nitrogens is 4. The Balaban J connectivity index is 2.03. The summed E-state index contributed by atoms with van der Waals surface area (Å²) in [5, 5.41) is 4.69. The molecular weight excluding hydrogens is 364 g/mol. The van der Waals surface area contributed by atoms with Gasteiger partial charge in [-0.25, -0.2) is 9.67 Å². The fourth-order valence-corrected chi connectivity index (χ4v) is 3.56. The number of aryl methyl sites for hydroxylation is 2. The minimum absolute atomic E-state index is 0.281. The van der Waals surface area contributed by atoms with Crippen LogP contribution in [0.3, 0.4) is 0 Å². The summed E-state index contributed by atoms with van der Waals surface area (Å²) in [6.07, 6.45) is 2.08. The summed E-state index contributed by atoms with van der Waals surface area (Å²) in [6.45, 7) is 8.04. The molecule has 0 saturated heterocycles. The largest absolute Gasteiger partial charge is 0.465 e. The van der Waals surface area contributed by atoms with Crippen LogP contribution in [-0.2, 0) is 9.53 Å². The molecule has 7 nitrogen and oxygen atoms in total. The molecular formula is C19H22N4O3S. The molecule has 0 aliphatic carbocycles. The van der Waals surface area contributed by atoms with Gasteiger partial charge < -0.3 is 9.72 Å². The number of rotatable bonds is 6. The van der Waals surface area contributed by atoms with E-state index in [4.69, 9.17) is 4.74 Å². The van der Waals surface area contributed by atoms with Gasteiger partial charge in [0.15, 0.2) is 10.8 Å². The Morgan fingerprint density at radius 1 is 1.30 bits per heavy atom. The third-order valence-electron chi connectivity index (χ3n) is 4.33. The Labute approximate surface area is 161 Å². The SMILES string of the molecule is CCOC(=O)C(CC)Sc1nc2c(cnn2-c2ccc(C)c(C)c2)c(=O)[nH]1. The van der Waals surface area contributed by atoms with E-state index in [9.17, 15) is 9.59 Å². The average Bonchev–Trinajstić information content (AvgIpc) is 3.06. The quantitative estimate of drug-likeness (QED) is 0.398. The maximum Gasteiger partial charge on any atom is 0.319 e. The van der Waals surface area contributed by atoms with Crippen LogP contribution in [0.2, 0.25) is 0 Å². The van der Waals surface area contributed by atoms with Crippen molar-refractivity contribution in [3.05, 3.63) is 45.9 Å². The van der Waals surface area contributed by atoms with E-state index in [2.05, 4.69) is 15.1 Å². The Kier molecular flexibility index (Phi) is 5.65. The van der Waals surface area contributed by atoms with Gasteiger partial charge >= 0.3 is 5.97 Å². The summed E-state index contributed by atoms with van der Waals surface area (Å²) in [5.41, 5.74) is 3.32. The van der Waals surface area contributed by atoms with Crippen molar-refractivity contribution in [2.45, 2.75) is 44.5 Å². The highest BCUT2D eigenvalue weighted by Gasteiger charge is 2.21. The number of fused-ring (bicyclic) bond motifs is 1. The van der Waals surface area contributed by atoms with Crippen LogP contribution in [-0.4, -0.2) is 37.6 Å². The molecule has 3 rings (SSSR count). The van der Waals surface area contributed by atoms with Crippen molar-refractivity contribution in [1.29, 1.82) is 0 Å². The normalized spacial score (nSPS) is 12.3. The van der Waals surface area contributed by atoms with Crippen LogP contribution in [0.1, 0.15) is 31.4 Å².